The van der Waals surface area contributed by atoms with Crippen LogP contribution in [-0.2, 0) is 4.79 Å². The van der Waals surface area contributed by atoms with E-state index in [2.05, 4.69) is 6.92 Å². The summed E-state index contributed by atoms with van der Waals surface area (Å²) >= 11 is 1.46. The third-order valence-corrected chi connectivity index (χ3v) is 4.20. The second-order valence-corrected chi connectivity index (χ2v) is 5.67. The lowest BCUT2D eigenvalue weighted by Crippen LogP contribution is -2.24. The Labute approximate surface area is 107 Å². The number of hydrogen-bond acceptors (Lipinski definition) is 2. The quantitative estimate of drug-likeness (QED) is 0.778. The molecule has 0 fully saturated rings. The van der Waals surface area contributed by atoms with E-state index in [1.165, 1.54) is 17.3 Å². The molecule has 0 aliphatic heterocycles. The third kappa shape index (κ3) is 4.43. The fraction of sp³-hybridized carbons (Fsp3) is 0.500. The van der Waals surface area contributed by atoms with Crippen molar-refractivity contribution in [2.75, 3.05) is 0 Å². The van der Waals surface area contributed by atoms with Crippen molar-refractivity contribution in [1.82, 2.24) is 0 Å². The molecular weight excluding hydrogens is 232 g/mol. The van der Waals surface area contributed by atoms with Gasteiger partial charge in [0.15, 0.2) is 0 Å². The van der Waals surface area contributed by atoms with Crippen molar-refractivity contribution >= 4 is 17.7 Å². The Morgan fingerprint density at radius 3 is 2.71 bits per heavy atom. The maximum atomic E-state index is 11.3. The SMILES string of the molecule is CCCC(C)C(Sc1cccc(C)c1)C(=O)O. The largest absolute Gasteiger partial charge is 0.480 e. The van der Waals surface area contributed by atoms with E-state index in [1.54, 1.807) is 0 Å². The van der Waals surface area contributed by atoms with Crippen LogP contribution in [0.4, 0.5) is 0 Å². The minimum Gasteiger partial charge on any atom is -0.480 e. The van der Waals surface area contributed by atoms with Crippen molar-refractivity contribution in [2.24, 2.45) is 5.92 Å². The molecular formula is C14H20O2S. The summed E-state index contributed by atoms with van der Waals surface area (Å²) in [7, 11) is 0. The van der Waals surface area contributed by atoms with E-state index < -0.39 is 5.97 Å². The van der Waals surface area contributed by atoms with Crippen molar-refractivity contribution in [1.29, 1.82) is 0 Å². The maximum absolute atomic E-state index is 11.3. The molecule has 0 aliphatic carbocycles. The zero-order valence-corrected chi connectivity index (χ0v) is 11.5. The fourth-order valence-electron chi connectivity index (χ4n) is 1.85. The first-order chi connectivity index (χ1) is 8.04. The molecule has 0 aromatic heterocycles. The smallest absolute Gasteiger partial charge is 0.317 e. The molecule has 1 aromatic rings. The lowest BCUT2D eigenvalue weighted by Gasteiger charge is -2.19. The van der Waals surface area contributed by atoms with Gasteiger partial charge < -0.3 is 5.11 Å². The van der Waals surface area contributed by atoms with Gasteiger partial charge in [-0.25, -0.2) is 0 Å². The summed E-state index contributed by atoms with van der Waals surface area (Å²) in [5.41, 5.74) is 1.17. The van der Waals surface area contributed by atoms with Gasteiger partial charge in [0.2, 0.25) is 0 Å². The summed E-state index contributed by atoms with van der Waals surface area (Å²) in [6, 6.07) is 8.02. The van der Waals surface area contributed by atoms with Gasteiger partial charge in [-0.15, -0.1) is 11.8 Å². The monoisotopic (exact) mass is 252 g/mol. The van der Waals surface area contributed by atoms with Gasteiger partial charge >= 0.3 is 5.97 Å². The summed E-state index contributed by atoms with van der Waals surface area (Å²) in [6.07, 6.45) is 1.98. The number of benzene rings is 1. The average Bonchev–Trinajstić information content (AvgIpc) is 2.26. The van der Waals surface area contributed by atoms with Gasteiger partial charge in [0.25, 0.3) is 0 Å². The number of thioether (sulfide) groups is 1. The summed E-state index contributed by atoms with van der Waals surface area (Å²) < 4.78 is 0. The molecule has 2 nitrogen and oxygen atoms in total. The molecule has 0 bridgehead atoms. The Morgan fingerprint density at radius 1 is 1.47 bits per heavy atom. The lowest BCUT2D eigenvalue weighted by atomic mass is 10.0. The highest BCUT2D eigenvalue weighted by atomic mass is 32.2. The standard InChI is InChI=1S/C14H20O2S/c1-4-6-11(3)13(14(15)16)17-12-8-5-7-10(2)9-12/h5,7-9,11,13H,4,6H2,1-3H3,(H,15,16). The lowest BCUT2D eigenvalue weighted by molar-refractivity contribution is -0.137. The summed E-state index contributed by atoms with van der Waals surface area (Å²) in [6.45, 7) is 6.13. The minimum atomic E-state index is -0.711. The van der Waals surface area contributed by atoms with Crippen molar-refractivity contribution in [3.8, 4) is 0 Å². The Kier molecular flexibility index (Phi) is 5.56. The summed E-state index contributed by atoms with van der Waals surface area (Å²) in [5, 5.41) is 8.93. The Hall–Kier alpha value is -0.960. The van der Waals surface area contributed by atoms with Crippen LogP contribution in [0.1, 0.15) is 32.3 Å². The average molecular weight is 252 g/mol. The molecule has 0 saturated carbocycles. The van der Waals surface area contributed by atoms with E-state index in [1.807, 2.05) is 38.1 Å². The molecule has 0 saturated heterocycles. The third-order valence-electron chi connectivity index (χ3n) is 2.76. The Morgan fingerprint density at radius 2 is 2.18 bits per heavy atom. The molecule has 2 unspecified atom stereocenters. The van der Waals surface area contributed by atoms with Crippen LogP contribution in [-0.4, -0.2) is 16.3 Å². The number of aliphatic carboxylic acids is 1. The van der Waals surface area contributed by atoms with Crippen molar-refractivity contribution in [3.05, 3.63) is 29.8 Å². The molecule has 1 rings (SSSR count). The van der Waals surface area contributed by atoms with Crippen LogP contribution in [0, 0.1) is 12.8 Å². The van der Waals surface area contributed by atoms with Gasteiger partial charge in [-0.05, 0) is 31.4 Å². The van der Waals surface area contributed by atoms with E-state index in [4.69, 9.17) is 0 Å². The molecule has 2 atom stereocenters. The van der Waals surface area contributed by atoms with E-state index in [9.17, 15) is 9.90 Å². The minimum absolute atomic E-state index is 0.197. The topological polar surface area (TPSA) is 37.3 Å². The molecule has 17 heavy (non-hydrogen) atoms. The van der Waals surface area contributed by atoms with E-state index in [0.717, 1.165) is 17.7 Å². The maximum Gasteiger partial charge on any atom is 0.317 e. The van der Waals surface area contributed by atoms with Crippen molar-refractivity contribution < 1.29 is 9.90 Å². The van der Waals surface area contributed by atoms with Gasteiger partial charge in [-0.1, -0.05) is 38.0 Å². The second kappa shape index (κ2) is 6.70. The highest BCUT2D eigenvalue weighted by molar-refractivity contribution is 8.00. The van der Waals surface area contributed by atoms with Gasteiger partial charge in [0, 0.05) is 4.90 Å². The zero-order valence-electron chi connectivity index (χ0n) is 10.6. The van der Waals surface area contributed by atoms with Crippen LogP contribution >= 0.6 is 11.8 Å². The Bertz CT molecular complexity index is 376. The van der Waals surface area contributed by atoms with Crippen molar-refractivity contribution in [3.63, 3.8) is 0 Å². The Balaban J connectivity index is 2.76. The van der Waals surface area contributed by atoms with Crippen LogP contribution in [0.3, 0.4) is 0 Å². The first-order valence-corrected chi connectivity index (χ1v) is 6.88. The van der Waals surface area contributed by atoms with Gasteiger partial charge in [-0.2, -0.15) is 0 Å². The van der Waals surface area contributed by atoms with Gasteiger partial charge in [-0.3, -0.25) is 4.79 Å². The molecule has 1 N–H and O–H groups in total. The van der Waals surface area contributed by atoms with E-state index in [-0.39, 0.29) is 11.2 Å². The highest BCUT2D eigenvalue weighted by Gasteiger charge is 2.25. The normalized spacial score (nSPS) is 14.3. The van der Waals surface area contributed by atoms with Gasteiger partial charge in [0.1, 0.15) is 5.25 Å². The van der Waals surface area contributed by atoms with Crippen LogP contribution in [0.25, 0.3) is 0 Å². The van der Waals surface area contributed by atoms with Crippen LogP contribution in [0.2, 0.25) is 0 Å². The number of carboxylic acid groups (broad SMARTS) is 1. The summed E-state index contributed by atoms with van der Waals surface area (Å²) in [4.78, 5) is 12.3. The highest BCUT2D eigenvalue weighted by Crippen LogP contribution is 2.30. The van der Waals surface area contributed by atoms with Crippen LogP contribution < -0.4 is 0 Å². The first kappa shape index (κ1) is 14.1. The predicted molar refractivity (Wildman–Crippen MR) is 72.5 cm³/mol. The number of hydrogen-bond donors (Lipinski definition) is 1. The second-order valence-electron chi connectivity index (χ2n) is 4.46. The first-order valence-electron chi connectivity index (χ1n) is 6.00. The zero-order chi connectivity index (χ0) is 12.8. The van der Waals surface area contributed by atoms with Crippen LogP contribution in [0.5, 0.6) is 0 Å². The van der Waals surface area contributed by atoms with E-state index >= 15 is 0 Å². The molecule has 0 radical (unpaired) electrons. The fourth-order valence-corrected chi connectivity index (χ4v) is 3.03. The predicted octanol–water partition coefficient (Wildman–Crippen LogP) is 3.98. The number of carbonyl (C=O) groups is 1. The molecule has 0 amide bonds. The number of carboxylic acids is 1. The van der Waals surface area contributed by atoms with Gasteiger partial charge in [0.05, 0.1) is 0 Å². The number of rotatable bonds is 6. The molecule has 1 aromatic carbocycles. The molecule has 94 valence electrons. The molecule has 0 heterocycles. The molecule has 0 spiro atoms. The van der Waals surface area contributed by atoms with E-state index in [0.29, 0.717) is 0 Å². The number of aryl methyl sites for hydroxylation is 1. The van der Waals surface area contributed by atoms with Crippen LogP contribution in [0.15, 0.2) is 29.2 Å². The molecule has 3 heteroatoms. The molecule has 0 aliphatic rings. The summed E-state index contributed by atoms with van der Waals surface area (Å²) in [5.74, 6) is -0.513. The van der Waals surface area contributed by atoms with Crippen molar-refractivity contribution in [2.45, 2.75) is 43.8 Å².